The topological polar surface area (TPSA) is 46.2 Å². The molecule has 87 valence electrons. The van der Waals surface area contributed by atoms with E-state index in [-0.39, 0.29) is 4.90 Å². The van der Waals surface area contributed by atoms with Crippen LogP contribution in [0.4, 0.5) is 0 Å². The Bertz CT molecular complexity index is 589. The zero-order valence-corrected chi connectivity index (χ0v) is 10.2. The predicted octanol–water partition coefficient (Wildman–Crippen LogP) is 2.06. The lowest BCUT2D eigenvalue weighted by atomic mass is 10.1. The highest BCUT2D eigenvalue weighted by Gasteiger charge is 2.10. The van der Waals surface area contributed by atoms with Crippen LogP contribution >= 0.6 is 0 Å². The van der Waals surface area contributed by atoms with Crippen LogP contribution in [-0.2, 0) is 10.0 Å². The van der Waals surface area contributed by atoms with Crippen molar-refractivity contribution in [1.29, 1.82) is 0 Å². The van der Waals surface area contributed by atoms with Crippen molar-refractivity contribution in [2.45, 2.75) is 4.90 Å². The molecule has 0 unspecified atom stereocenters. The van der Waals surface area contributed by atoms with Crippen molar-refractivity contribution in [2.24, 2.45) is 0 Å². The summed E-state index contributed by atoms with van der Waals surface area (Å²) in [5.41, 5.74) is 2.02. The highest BCUT2D eigenvalue weighted by Crippen LogP contribution is 2.20. The molecular formula is C13H12NO2S. The van der Waals surface area contributed by atoms with E-state index in [4.69, 9.17) is 0 Å². The second kappa shape index (κ2) is 4.69. The van der Waals surface area contributed by atoms with Gasteiger partial charge in [-0.2, -0.15) is 0 Å². The van der Waals surface area contributed by atoms with Crippen molar-refractivity contribution < 1.29 is 8.42 Å². The summed E-state index contributed by atoms with van der Waals surface area (Å²) in [6.45, 7) is 0. The summed E-state index contributed by atoms with van der Waals surface area (Å²) in [7, 11) is -1.95. The summed E-state index contributed by atoms with van der Waals surface area (Å²) < 4.78 is 25.3. The second-order valence-electron chi connectivity index (χ2n) is 3.52. The number of hydrogen-bond donors (Lipinski definition) is 1. The van der Waals surface area contributed by atoms with Gasteiger partial charge in [0.25, 0.3) is 0 Å². The molecule has 0 aliphatic rings. The fraction of sp³-hybridized carbons (Fsp3) is 0.0769. The predicted molar refractivity (Wildman–Crippen MR) is 67.0 cm³/mol. The van der Waals surface area contributed by atoms with E-state index in [0.717, 1.165) is 11.1 Å². The minimum Gasteiger partial charge on any atom is -0.214 e. The fourth-order valence-corrected chi connectivity index (χ4v) is 2.25. The molecule has 0 aliphatic carbocycles. The molecular weight excluding hydrogens is 234 g/mol. The van der Waals surface area contributed by atoms with Gasteiger partial charge in [0.05, 0.1) is 4.90 Å². The lowest BCUT2D eigenvalue weighted by Crippen LogP contribution is -2.18. The Morgan fingerprint density at radius 3 is 2.00 bits per heavy atom. The number of rotatable bonds is 3. The van der Waals surface area contributed by atoms with Gasteiger partial charge in [-0.3, -0.25) is 0 Å². The minimum atomic E-state index is -3.35. The van der Waals surface area contributed by atoms with Crippen LogP contribution in [0.2, 0.25) is 0 Å². The van der Waals surface area contributed by atoms with E-state index in [1.807, 2.05) is 24.3 Å². The van der Waals surface area contributed by atoms with Gasteiger partial charge in [-0.15, -0.1) is 0 Å². The van der Waals surface area contributed by atoms with Gasteiger partial charge >= 0.3 is 0 Å². The van der Waals surface area contributed by atoms with E-state index in [0.29, 0.717) is 0 Å². The average Bonchev–Trinajstić information content (AvgIpc) is 2.40. The Labute approximate surface area is 101 Å². The molecule has 1 radical (unpaired) electrons. The Morgan fingerprint density at radius 1 is 0.941 bits per heavy atom. The Hall–Kier alpha value is -1.65. The van der Waals surface area contributed by atoms with Gasteiger partial charge in [-0.1, -0.05) is 36.4 Å². The molecule has 0 spiro atoms. The third-order valence-electron chi connectivity index (χ3n) is 2.48. The van der Waals surface area contributed by atoms with E-state index < -0.39 is 10.0 Å². The van der Waals surface area contributed by atoms with Gasteiger partial charge in [0.2, 0.25) is 10.0 Å². The van der Waals surface area contributed by atoms with Crippen molar-refractivity contribution in [1.82, 2.24) is 4.72 Å². The lowest BCUT2D eigenvalue weighted by Gasteiger charge is -2.04. The van der Waals surface area contributed by atoms with Crippen LogP contribution in [0.25, 0.3) is 11.1 Å². The highest BCUT2D eigenvalue weighted by molar-refractivity contribution is 7.89. The maximum atomic E-state index is 11.5. The Kier molecular flexibility index (Phi) is 3.26. The SMILES string of the molecule is CNS(=O)(=O)c1ccc(-c2cc[c]cc2)cc1. The minimum absolute atomic E-state index is 0.270. The monoisotopic (exact) mass is 246 g/mol. The van der Waals surface area contributed by atoms with E-state index in [9.17, 15) is 8.42 Å². The molecule has 17 heavy (non-hydrogen) atoms. The summed E-state index contributed by atoms with van der Waals surface area (Å²) in [6.07, 6.45) is 0. The molecule has 3 nitrogen and oxygen atoms in total. The molecule has 0 atom stereocenters. The van der Waals surface area contributed by atoms with Gasteiger partial charge in [0.1, 0.15) is 0 Å². The Morgan fingerprint density at radius 2 is 1.47 bits per heavy atom. The number of hydrogen-bond acceptors (Lipinski definition) is 2. The van der Waals surface area contributed by atoms with Crippen LogP contribution in [0, 0.1) is 6.07 Å². The maximum absolute atomic E-state index is 11.5. The van der Waals surface area contributed by atoms with Crippen molar-refractivity contribution in [3.63, 3.8) is 0 Å². The van der Waals surface area contributed by atoms with Gasteiger partial charge in [-0.25, -0.2) is 13.1 Å². The fourth-order valence-electron chi connectivity index (χ4n) is 1.52. The molecule has 0 saturated heterocycles. The van der Waals surface area contributed by atoms with Crippen molar-refractivity contribution in [2.75, 3.05) is 7.05 Å². The zero-order chi connectivity index (χ0) is 12.3. The van der Waals surface area contributed by atoms with Crippen molar-refractivity contribution in [3.8, 4) is 11.1 Å². The number of sulfonamides is 1. The normalized spacial score (nSPS) is 11.4. The standard InChI is InChI=1S/C13H12NO2S/c1-14-17(15,16)13-9-7-12(8-10-13)11-5-3-2-4-6-11/h3-10,14H,1H3. The van der Waals surface area contributed by atoms with Crippen LogP contribution < -0.4 is 4.72 Å². The summed E-state index contributed by atoms with van der Waals surface area (Å²) in [5.74, 6) is 0. The van der Waals surface area contributed by atoms with Crippen LogP contribution in [-0.4, -0.2) is 15.5 Å². The number of nitrogens with one attached hydrogen (secondary N) is 1. The van der Waals surface area contributed by atoms with E-state index >= 15 is 0 Å². The molecule has 0 heterocycles. The second-order valence-corrected chi connectivity index (χ2v) is 5.41. The molecule has 2 aromatic carbocycles. The molecule has 0 aliphatic heterocycles. The molecule has 2 aromatic rings. The van der Waals surface area contributed by atoms with Gasteiger partial charge in [0, 0.05) is 0 Å². The molecule has 0 bridgehead atoms. The van der Waals surface area contributed by atoms with Gasteiger partial charge < -0.3 is 0 Å². The first-order chi connectivity index (χ1) is 8.13. The van der Waals surface area contributed by atoms with Crippen molar-refractivity contribution in [3.05, 3.63) is 54.6 Å². The molecule has 4 heteroatoms. The smallest absolute Gasteiger partial charge is 0.214 e. The molecule has 0 aromatic heterocycles. The first kappa shape index (κ1) is 11.8. The van der Waals surface area contributed by atoms with Gasteiger partial charge in [0.15, 0.2) is 0 Å². The van der Waals surface area contributed by atoms with E-state index in [2.05, 4.69) is 10.8 Å². The summed E-state index contributed by atoms with van der Waals surface area (Å²) in [5, 5.41) is 0. The van der Waals surface area contributed by atoms with Crippen LogP contribution in [0.15, 0.2) is 53.4 Å². The average molecular weight is 246 g/mol. The number of benzene rings is 2. The summed E-state index contributed by atoms with van der Waals surface area (Å²) >= 11 is 0. The quantitative estimate of drug-likeness (QED) is 0.901. The highest BCUT2D eigenvalue weighted by atomic mass is 32.2. The van der Waals surface area contributed by atoms with Crippen LogP contribution in [0.1, 0.15) is 0 Å². The first-order valence-electron chi connectivity index (χ1n) is 5.13. The van der Waals surface area contributed by atoms with Crippen molar-refractivity contribution >= 4 is 10.0 Å². The van der Waals surface area contributed by atoms with Crippen LogP contribution in [0.3, 0.4) is 0 Å². The molecule has 0 saturated carbocycles. The van der Waals surface area contributed by atoms with Gasteiger partial charge in [-0.05, 0) is 36.4 Å². The summed E-state index contributed by atoms with van der Waals surface area (Å²) in [6, 6.07) is 17.2. The first-order valence-corrected chi connectivity index (χ1v) is 6.62. The van der Waals surface area contributed by atoms with Crippen LogP contribution in [0.5, 0.6) is 0 Å². The lowest BCUT2D eigenvalue weighted by molar-refractivity contribution is 0.588. The third kappa shape index (κ3) is 2.54. The molecule has 0 fully saturated rings. The maximum Gasteiger partial charge on any atom is 0.240 e. The molecule has 1 N–H and O–H groups in total. The largest absolute Gasteiger partial charge is 0.240 e. The van der Waals surface area contributed by atoms with E-state index in [1.54, 1.807) is 24.3 Å². The Balaban J connectivity index is 2.38. The zero-order valence-electron chi connectivity index (χ0n) is 9.34. The molecule has 2 rings (SSSR count). The third-order valence-corrected chi connectivity index (χ3v) is 3.92. The molecule has 0 amide bonds. The van der Waals surface area contributed by atoms with E-state index in [1.165, 1.54) is 7.05 Å². The summed E-state index contributed by atoms with van der Waals surface area (Å²) in [4.78, 5) is 0.270.